The molecule has 0 atom stereocenters. The van der Waals surface area contributed by atoms with Gasteiger partial charge in [-0.25, -0.2) is 4.79 Å². The summed E-state index contributed by atoms with van der Waals surface area (Å²) < 4.78 is 5.37. The lowest BCUT2D eigenvalue weighted by atomic mass is 10.0. The van der Waals surface area contributed by atoms with Gasteiger partial charge in [-0.05, 0) is 33.1 Å². The Morgan fingerprint density at radius 2 is 1.61 bits per heavy atom. The second-order valence-electron chi connectivity index (χ2n) is 7.50. The summed E-state index contributed by atoms with van der Waals surface area (Å²) in [5, 5.41) is 0. The summed E-state index contributed by atoms with van der Waals surface area (Å²) in [5.74, 6) is 0.739. The van der Waals surface area contributed by atoms with Crippen molar-refractivity contribution < 1.29 is 14.3 Å². The fraction of sp³-hybridized carbons (Fsp3) is 0.824. The van der Waals surface area contributed by atoms with Gasteiger partial charge < -0.3 is 14.5 Å². The Bertz CT molecular complexity index is 436. The van der Waals surface area contributed by atoms with Crippen LogP contribution < -0.4 is 0 Å². The average molecular weight is 343 g/mol. The Morgan fingerprint density at radius 1 is 1.09 bits per heavy atom. The minimum absolute atomic E-state index is 0.207. The van der Waals surface area contributed by atoms with E-state index in [2.05, 4.69) is 13.8 Å². The maximum atomic E-state index is 12.0. The van der Waals surface area contributed by atoms with Crippen LogP contribution >= 0.6 is 12.2 Å². The monoisotopic (exact) mass is 342 g/mol. The molecule has 0 unspecified atom stereocenters. The van der Waals surface area contributed by atoms with E-state index in [1.807, 2.05) is 25.7 Å². The minimum atomic E-state index is -0.480. The highest BCUT2D eigenvalue weighted by Gasteiger charge is 2.27. The zero-order chi connectivity index (χ0) is 17.6. The number of Topliss-reactive ketones (excluding diaryl/α,β-unsaturated/α-hetero) is 1. The molecule has 1 amide bonds. The molecule has 0 radical (unpaired) electrons. The summed E-state index contributed by atoms with van der Waals surface area (Å²) in [6, 6.07) is 0. The predicted octanol–water partition coefficient (Wildman–Crippen LogP) is 3.26. The minimum Gasteiger partial charge on any atom is -0.444 e. The van der Waals surface area contributed by atoms with E-state index in [4.69, 9.17) is 17.0 Å². The van der Waals surface area contributed by atoms with E-state index in [-0.39, 0.29) is 11.9 Å². The summed E-state index contributed by atoms with van der Waals surface area (Å²) >= 11 is 5.39. The van der Waals surface area contributed by atoms with Gasteiger partial charge in [0.1, 0.15) is 11.4 Å². The highest BCUT2D eigenvalue weighted by atomic mass is 32.1. The molecule has 0 N–H and O–H groups in total. The Balaban J connectivity index is 2.36. The number of carbonyl (C=O) groups excluding carboxylic acids is 2. The number of ether oxygens (including phenoxy) is 1. The first-order valence-corrected chi connectivity index (χ1v) is 8.76. The van der Waals surface area contributed by atoms with E-state index in [1.54, 1.807) is 4.90 Å². The number of rotatable bonds is 5. The standard InChI is InChI=1S/C17H30N2O3S/c1-13(2)6-7-14(20)12-15(23)18-8-10-19(11-9-18)16(21)22-17(3,4)5/h13H,6-12H2,1-5H3. The van der Waals surface area contributed by atoms with Gasteiger partial charge in [0.15, 0.2) is 0 Å². The molecule has 0 aromatic rings. The predicted molar refractivity (Wildman–Crippen MR) is 95.7 cm³/mol. The zero-order valence-electron chi connectivity index (χ0n) is 15.1. The normalized spacial score (nSPS) is 15.7. The van der Waals surface area contributed by atoms with Crippen molar-refractivity contribution in [2.24, 2.45) is 5.92 Å². The highest BCUT2D eigenvalue weighted by molar-refractivity contribution is 7.80. The number of thiocarbonyl (C=S) groups is 1. The number of piperazine rings is 1. The lowest BCUT2D eigenvalue weighted by Crippen LogP contribution is -2.51. The Hall–Kier alpha value is -1.17. The molecule has 1 aliphatic heterocycles. The molecule has 1 saturated heterocycles. The molecule has 6 heteroatoms. The fourth-order valence-electron chi connectivity index (χ4n) is 2.28. The molecule has 0 aromatic heterocycles. The topological polar surface area (TPSA) is 49.9 Å². The van der Waals surface area contributed by atoms with Crippen LogP contribution in [0.15, 0.2) is 0 Å². The Morgan fingerprint density at radius 3 is 2.09 bits per heavy atom. The molecular weight excluding hydrogens is 312 g/mol. The smallest absolute Gasteiger partial charge is 0.410 e. The quantitative estimate of drug-likeness (QED) is 0.718. The third-order valence-corrected chi connectivity index (χ3v) is 4.04. The second-order valence-corrected chi connectivity index (χ2v) is 7.97. The van der Waals surface area contributed by atoms with Crippen molar-refractivity contribution in [1.29, 1.82) is 0 Å². The van der Waals surface area contributed by atoms with Gasteiger partial charge in [0.05, 0.1) is 11.4 Å². The second kappa shape index (κ2) is 8.62. The molecule has 1 fully saturated rings. The summed E-state index contributed by atoms with van der Waals surface area (Å²) in [4.78, 5) is 28.4. The molecule has 0 bridgehead atoms. The molecule has 0 saturated carbocycles. The number of carbonyl (C=O) groups is 2. The van der Waals surface area contributed by atoms with Gasteiger partial charge in [0.25, 0.3) is 0 Å². The van der Waals surface area contributed by atoms with Crippen molar-refractivity contribution in [3.8, 4) is 0 Å². The van der Waals surface area contributed by atoms with Gasteiger partial charge in [0.2, 0.25) is 0 Å². The van der Waals surface area contributed by atoms with Crippen LogP contribution in [0.5, 0.6) is 0 Å². The van der Waals surface area contributed by atoms with Crippen LogP contribution in [0.3, 0.4) is 0 Å². The number of amides is 1. The first-order chi connectivity index (χ1) is 10.6. The summed E-state index contributed by atoms with van der Waals surface area (Å²) in [6.07, 6.45) is 1.56. The van der Waals surface area contributed by atoms with Crippen molar-refractivity contribution in [2.45, 2.75) is 59.5 Å². The summed E-state index contributed by atoms with van der Waals surface area (Å²) in [6.45, 7) is 12.3. The fourth-order valence-corrected chi connectivity index (χ4v) is 2.63. The lowest BCUT2D eigenvalue weighted by molar-refractivity contribution is -0.118. The van der Waals surface area contributed by atoms with Crippen molar-refractivity contribution in [3.63, 3.8) is 0 Å². The number of hydrogen-bond acceptors (Lipinski definition) is 4. The Labute approximate surface area is 145 Å². The third kappa shape index (κ3) is 7.77. The van der Waals surface area contributed by atoms with Gasteiger partial charge in [-0.2, -0.15) is 0 Å². The van der Waals surface area contributed by atoms with E-state index in [0.717, 1.165) is 6.42 Å². The maximum absolute atomic E-state index is 12.0. The molecule has 1 aliphatic rings. The zero-order valence-corrected chi connectivity index (χ0v) is 15.9. The lowest BCUT2D eigenvalue weighted by Gasteiger charge is -2.36. The first-order valence-electron chi connectivity index (χ1n) is 8.36. The average Bonchev–Trinajstić information content (AvgIpc) is 2.43. The van der Waals surface area contributed by atoms with Crippen LogP contribution in [0, 0.1) is 5.92 Å². The third-order valence-electron chi connectivity index (χ3n) is 3.63. The number of nitrogens with zero attached hydrogens (tertiary/aromatic N) is 2. The van der Waals surface area contributed by atoms with Gasteiger partial charge >= 0.3 is 6.09 Å². The van der Waals surface area contributed by atoms with Crippen molar-refractivity contribution in [3.05, 3.63) is 0 Å². The molecule has 132 valence electrons. The van der Waals surface area contributed by atoms with Crippen molar-refractivity contribution in [2.75, 3.05) is 26.2 Å². The summed E-state index contributed by atoms with van der Waals surface area (Å²) in [5.41, 5.74) is -0.480. The Kier molecular flexibility index (Phi) is 7.45. The van der Waals surface area contributed by atoms with E-state index >= 15 is 0 Å². The molecule has 0 aliphatic carbocycles. The molecule has 23 heavy (non-hydrogen) atoms. The molecule has 5 nitrogen and oxygen atoms in total. The molecular formula is C17H30N2O3S. The van der Waals surface area contributed by atoms with Crippen molar-refractivity contribution >= 4 is 29.1 Å². The molecule has 0 aromatic carbocycles. The maximum Gasteiger partial charge on any atom is 0.410 e. The van der Waals surface area contributed by atoms with E-state index in [0.29, 0.717) is 49.9 Å². The van der Waals surface area contributed by atoms with Crippen LogP contribution in [-0.4, -0.2) is 58.4 Å². The molecule has 0 spiro atoms. The van der Waals surface area contributed by atoms with Gasteiger partial charge in [-0.1, -0.05) is 26.1 Å². The van der Waals surface area contributed by atoms with Crippen LogP contribution in [0.25, 0.3) is 0 Å². The van der Waals surface area contributed by atoms with Crippen LogP contribution in [0.4, 0.5) is 4.79 Å². The molecule has 1 heterocycles. The number of ketones is 1. The van der Waals surface area contributed by atoms with Gasteiger partial charge in [-0.15, -0.1) is 0 Å². The summed E-state index contributed by atoms with van der Waals surface area (Å²) in [7, 11) is 0. The number of hydrogen-bond donors (Lipinski definition) is 0. The van der Waals surface area contributed by atoms with Crippen LogP contribution in [0.2, 0.25) is 0 Å². The first kappa shape index (κ1) is 19.9. The largest absolute Gasteiger partial charge is 0.444 e. The van der Waals surface area contributed by atoms with E-state index in [1.165, 1.54) is 0 Å². The van der Waals surface area contributed by atoms with E-state index in [9.17, 15) is 9.59 Å². The van der Waals surface area contributed by atoms with Crippen molar-refractivity contribution in [1.82, 2.24) is 9.80 Å². The van der Waals surface area contributed by atoms with Gasteiger partial charge in [0, 0.05) is 32.6 Å². The van der Waals surface area contributed by atoms with Gasteiger partial charge in [-0.3, -0.25) is 4.79 Å². The van der Waals surface area contributed by atoms with E-state index < -0.39 is 5.60 Å². The van der Waals surface area contributed by atoms with Crippen LogP contribution in [-0.2, 0) is 9.53 Å². The highest BCUT2D eigenvalue weighted by Crippen LogP contribution is 2.13. The SMILES string of the molecule is CC(C)CCC(=O)CC(=S)N1CCN(C(=O)OC(C)(C)C)CC1. The van der Waals surface area contributed by atoms with Crippen LogP contribution in [0.1, 0.15) is 53.9 Å². The molecule has 1 rings (SSSR count).